The van der Waals surface area contributed by atoms with Gasteiger partial charge >= 0.3 is 6.03 Å². The number of carbonyl (C=O) groups is 1. The largest absolute Gasteiger partial charge is 0.494 e. The molecule has 0 bridgehead atoms. The minimum Gasteiger partial charge on any atom is -0.494 e. The number of fused-ring (bicyclic) bond motifs is 1. The number of nitrogens with zero attached hydrogens (tertiary/aromatic N) is 3. The van der Waals surface area contributed by atoms with E-state index in [9.17, 15) is 4.79 Å². The summed E-state index contributed by atoms with van der Waals surface area (Å²) in [6.07, 6.45) is 3.93. The van der Waals surface area contributed by atoms with Crippen molar-refractivity contribution >= 4 is 22.6 Å². The minimum atomic E-state index is 0.0914. The number of benzene rings is 1. The maximum Gasteiger partial charge on any atom is 0.317 e. The molecule has 2 aliphatic rings. The van der Waals surface area contributed by atoms with Crippen LogP contribution >= 0.6 is 0 Å². The lowest BCUT2D eigenvalue weighted by Gasteiger charge is -2.38. The third kappa shape index (κ3) is 2.75. The highest BCUT2D eigenvalue weighted by molar-refractivity contribution is 5.96. The molecule has 0 radical (unpaired) electrons. The number of para-hydroxylation sites is 1. The van der Waals surface area contributed by atoms with E-state index in [2.05, 4.69) is 28.2 Å². The predicted octanol–water partition coefficient (Wildman–Crippen LogP) is 2.55. The zero-order valence-corrected chi connectivity index (χ0v) is 14.8. The number of ether oxygens (including phenoxy) is 1. The Kier molecular flexibility index (Phi) is 4.11. The molecule has 2 amide bonds. The Bertz CT molecular complexity index is 799. The van der Waals surface area contributed by atoms with Crippen molar-refractivity contribution in [3.8, 4) is 5.75 Å². The number of anilines is 1. The topological polar surface area (TPSA) is 57.7 Å². The molecule has 132 valence electrons. The highest BCUT2D eigenvalue weighted by Crippen LogP contribution is 2.35. The number of piperidine rings is 1. The summed E-state index contributed by atoms with van der Waals surface area (Å²) in [7, 11) is 1.68. The number of aryl methyl sites for hydroxylation is 1. The Labute approximate surface area is 147 Å². The van der Waals surface area contributed by atoms with Crippen LogP contribution in [0.4, 0.5) is 10.5 Å². The first-order valence-electron chi connectivity index (χ1n) is 8.91. The van der Waals surface area contributed by atoms with E-state index in [0.717, 1.165) is 55.7 Å². The predicted molar refractivity (Wildman–Crippen MR) is 98.4 cm³/mol. The van der Waals surface area contributed by atoms with Crippen molar-refractivity contribution in [2.45, 2.75) is 25.8 Å². The number of pyridine rings is 1. The minimum absolute atomic E-state index is 0.0914. The molecule has 6 nitrogen and oxygen atoms in total. The third-order valence-corrected chi connectivity index (χ3v) is 5.35. The summed E-state index contributed by atoms with van der Waals surface area (Å²) >= 11 is 0. The first-order valence-corrected chi connectivity index (χ1v) is 8.91. The van der Waals surface area contributed by atoms with Crippen LogP contribution in [0.5, 0.6) is 5.75 Å². The average molecular weight is 340 g/mol. The molecule has 1 aromatic heterocycles. The molecule has 6 heteroatoms. The second-order valence-electron chi connectivity index (χ2n) is 6.79. The molecule has 1 N–H and O–H groups in total. The highest BCUT2D eigenvalue weighted by Gasteiger charge is 2.31. The number of hydrogen-bond donors (Lipinski definition) is 1. The van der Waals surface area contributed by atoms with Crippen LogP contribution in [0.3, 0.4) is 0 Å². The van der Waals surface area contributed by atoms with E-state index < -0.39 is 0 Å². The van der Waals surface area contributed by atoms with Crippen LogP contribution in [0.15, 0.2) is 24.4 Å². The standard InChI is InChI=1S/C19H24N4O2/c1-13-12-21-17-15(4-3-5-16(17)25-2)18(13)22-9-6-14(7-10-22)23-11-8-20-19(23)24/h3-5,12,14H,6-11H2,1-2H3,(H,20,24). The monoisotopic (exact) mass is 340 g/mol. The van der Waals surface area contributed by atoms with Crippen LogP contribution in [0.1, 0.15) is 18.4 Å². The second kappa shape index (κ2) is 6.43. The zero-order valence-electron chi connectivity index (χ0n) is 14.8. The average Bonchev–Trinajstić information content (AvgIpc) is 3.07. The van der Waals surface area contributed by atoms with Gasteiger partial charge in [-0.2, -0.15) is 0 Å². The first-order chi connectivity index (χ1) is 12.2. The quantitative estimate of drug-likeness (QED) is 0.933. The van der Waals surface area contributed by atoms with Gasteiger partial charge in [0.25, 0.3) is 0 Å². The molecule has 0 spiro atoms. The van der Waals surface area contributed by atoms with Gasteiger partial charge in [0.05, 0.1) is 12.8 Å². The van der Waals surface area contributed by atoms with Gasteiger partial charge < -0.3 is 19.9 Å². The van der Waals surface area contributed by atoms with Crippen molar-refractivity contribution in [2.24, 2.45) is 0 Å². The molecule has 0 saturated carbocycles. The van der Waals surface area contributed by atoms with Gasteiger partial charge in [-0.3, -0.25) is 4.98 Å². The number of carbonyl (C=O) groups excluding carboxylic acids is 1. The molecule has 3 heterocycles. The molecule has 25 heavy (non-hydrogen) atoms. The Morgan fingerprint density at radius 3 is 2.72 bits per heavy atom. The van der Waals surface area contributed by atoms with Gasteiger partial charge in [0.1, 0.15) is 11.3 Å². The number of aromatic nitrogens is 1. The first kappa shape index (κ1) is 16.0. The Hall–Kier alpha value is -2.50. The van der Waals surface area contributed by atoms with Crippen molar-refractivity contribution in [2.75, 3.05) is 38.2 Å². The van der Waals surface area contributed by atoms with E-state index in [4.69, 9.17) is 4.74 Å². The third-order valence-electron chi connectivity index (χ3n) is 5.35. The van der Waals surface area contributed by atoms with Crippen LogP contribution in [0, 0.1) is 6.92 Å². The fourth-order valence-corrected chi connectivity index (χ4v) is 4.10. The summed E-state index contributed by atoms with van der Waals surface area (Å²) in [6, 6.07) is 6.53. The summed E-state index contributed by atoms with van der Waals surface area (Å²) < 4.78 is 5.47. The molecule has 1 aromatic carbocycles. The van der Waals surface area contributed by atoms with Gasteiger partial charge in [0.2, 0.25) is 0 Å². The lowest BCUT2D eigenvalue weighted by atomic mass is 10.0. The van der Waals surface area contributed by atoms with Crippen LogP contribution in [-0.2, 0) is 0 Å². The Morgan fingerprint density at radius 1 is 1.24 bits per heavy atom. The number of hydrogen-bond acceptors (Lipinski definition) is 4. The maximum absolute atomic E-state index is 11.9. The maximum atomic E-state index is 11.9. The molecule has 4 rings (SSSR count). The van der Waals surface area contributed by atoms with Crippen molar-refractivity contribution in [3.05, 3.63) is 30.0 Å². The zero-order chi connectivity index (χ0) is 17.4. The van der Waals surface area contributed by atoms with E-state index in [1.807, 2.05) is 23.2 Å². The van der Waals surface area contributed by atoms with Crippen LogP contribution in [0.2, 0.25) is 0 Å². The molecular weight excluding hydrogens is 316 g/mol. The van der Waals surface area contributed by atoms with E-state index in [-0.39, 0.29) is 6.03 Å². The number of methoxy groups -OCH3 is 1. The second-order valence-corrected chi connectivity index (χ2v) is 6.79. The van der Waals surface area contributed by atoms with Gasteiger partial charge in [-0.15, -0.1) is 0 Å². The van der Waals surface area contributed by atoms with E-state index in [1.165, 1.54) is 11.3 Å². The van der Waals surface area contributed by atoms with E-state index >= 15 is 0 Å². The Morgan fingerprint density at radius 2 is 2.04 bits per heavy atom. The van der Waals surface area contributed by atoms with E-state index in [1.54, 1.807) is 7.11 Å². The Balaban J connectivity index is 1.61. The molecular formula is C19H24N4O2. The summed E-state index contributed by atoms with van der Waals surface area (Å²) in [6.45, 7) is 5.61. The fourth-order valence-electron chi connectivity index (χ4n) is 4.10. The molecule has 0 aliphatic carbocycles. The molecule has 2 fully saturated rings. The molecule has 0 atom stereocenters. The SMILES string of the molecule is COc1cccc2c(N3CCC(N4CCNC4=O)CC3)c(C)cnc12. The van der Waals surface area contributed by atoms with Crippen molar-refractivity contribution < 1.29 is 9.53 Å². The lowest BCUT2D eigenvalue weighted by molar-refractivity contribution is 0.186. The van der Waals surface area contributed by atoms with Crippen LogP contribution < -0.4 is 15.0 Å². The smallest absolute Gasteiger partial charge is 0.317 e. The number of urea groups is 1. The van der Waals surface area contributed by atoms with Gasteiger partial charge in [-0.25, -0.2) is 4.79 Å². The van der Waals surface area contributed by atoms with Crippen molar-refractivity contribution in [3.63, 3.8) is 0 Å². The van der Waals surface area contributed by atoms with Crippen molar-refractivity contribution in [1.82, 2.24) is 15.2 Å². The number of nitrogens with one attached hydrogen (secondary N) is 1. The van der Waals surface area contributed by atoms with E-state index in [0.29, 0.717) is 6.04 Å². The molecule has 0 unspecified atom stereocenters. The van der Waals surface area contributed by atoms with Crippen LogP contribution in [0.25, 0.3) is 10.9 Å². The van der Waals surface area contributed by atoms with Gasteiger partial charge in [-0.05, 0) is 31.4 Å². The molecule has 2 saturated heterocycles. The van der Waals surface area contributed by atoms with Gasteiger partial charge in [0, 0.05) is 43.8 Å². The van der Waals surface area contributed by atoms with Crippen LogP contribution in [-0.4, -0.2) is 55.2 Å². The molecule has 2 aliphatic heterocycles. The fraction of sp³-hybridized carbons (Fsp3) is 0.474. The van der Waals surface area contributed by atoms with Gasteiger partial charge in [0.15, 0.2) is 0 Å². The van der Waals surface area contributed by atoms with Gasteiger partial charge in [-0.1, -0.05) is 12.1 Å². The molecule has 2 aromatic rings. The summed E-state index contributed by atoms with van der Waals surface area (Å²) in [5, 5.41) is 4.04. The van der Waals surface area contributed by atoms with Crippen molar-refractivity contribution in [1.29, 1.82) is 0 Å². The summed E-state index contributed by atoms with van der Waals surface area (Å²) in [5.41, 5.74) is 3.33. The summed E-state index contributed by atoms with van der Waals surface area (Å²) in [5.74, 6) is 0.808. The highest BCUT2D eigenvalue weighted by atomic mass is 16.5. The lowest BCUT2D eigenvalue weighted by Crippen LogP contribution is -2.46. The number of amides is 2. The number of rotatable bonds is 3. The normalized spacial score (nSPS) is 18.7. The summed E-state index contributed by atoms with van der Waals surface area (Å²) in [4.78, 5) is 20.9.